The predicted octanol–water partition coefficient (Wildman–Crippen LogP) is 1.87. The summed E-state index contributed by atoms with van der Waals surface area (Å²) >= 11 is 2.08. The second kappa shape index (κ2) is 7.02. The van der Waals surface area contributed by atoms with Crippen LogP contribution in [0, 0.1) is 12.8 Å². The molecule has 20 heavy (non-hydrogen) atoms. The minimum atomic E-state index is 0.693. The zero-order chi connectivity index (χ0) is 14.5. The van der Waals surface area contributed by atoms with Gasteiger partial charge in [-0.05, 0) is 12.8 Å². The Hall–Kier alpha value is -1.17. The normalized spacial score (nSPS) is 20.6. The third-order valence-corrected chi connectivity index (χ3v) is 5.26. The topological polar surface area (TPSA) is 56.3 Å². The highest BCUT2D eigenvalue weighted by Gasteiger charge is 2.24. The van der Waals surface area contributed by atoms with E-state index in [4.69, 9.17) is 0 Å². The van der Waals surface area contributed by atoms with Crippen molar-refractivity contribution in [3.05, 3.63) is 17.5 Å². The van der Waals surface area contributed by atoms with Gasteiger partial charge in [0.15, 0.2) is 5.96 Å². The summed E-state index contributed by atoms with van der Waals surface area (Å²) in [5.74, 6) is 2.88. The molecule has 0 radical (unpaired) electrons. The fraction of sp³-hybridized carbons (Fsp3) is 0.714. The third kappa shape index (κ3) is 3.69. The van der Waals surface area contributed by atoms with Crippen LogP contribution in [-0.4, -0.2) is 52.2 Å². The molecule has 1 atom stereocenters. The number of aliphatic imine (C=N–C) groups is 1. The number of nitrogens with one attached hydrogen (secondary N) is 2. The Kier molecular flexibility index (Phi) is 5.34. The lowest BCUT2D eigenvalue weighted by molar-refractivity contribution is 0.380. The van der Waals surface area contributed by atoms with Gasteiger partial charge in [-0.3, -0.25) is 10.1 Å². The quantitative estimate of drug-likeness (QED) is 0.660. The number of thioether (sulfide) groups is 1. The molecule has 2 heterocycles. The van der Waals surface area contributed by atoms with Gasteiger partial charge in [-0.1, -0.05) is 13.8 Å². The number of hydrogen-bond donors (Lipinski definition) is 2. The zero-order valence-corrected chi connectivity index (χ0v) is 13.6. The standard InChI is InChI=1S/C14H25N5S/c1-10(2)13-9-19(5-6-20-13)14(15-4)16-7-12-8-17-18-11(12)3/h8,10,13H,5-7,9H2,1-4H3,(H,15,16)(H,17,18). The molecule has 1 unspecified atom stereocenters. The molecule has 1 saturated heterocycles. The van der Waals surface area contributed by atoms with Crippen LogP contribution < -0.4 is 5.32 Å². The molecule has 6 heteroatoms. The van der Waals surface area contributed by atoms with E-state index in [1.165, 1.54) is 11.3 Å². The van der Waals surface area contributed by atoms with Crippen molar-refractivity contribution in [1.29, 1.82) is 0 Å². The van der Waals surface area contributed by atoms with Crippen molar-refractivity contribution >= 4 is 17.7 Å². The van der Waals surface area contributed by atoms with Crippen LogP contribution >= 0.6 is 11.8 Å². The van der Waals surface area contributed by atoms with Crippen LogP contribution in [0.5, 0.6) is 0 Å². The average Bonchev–Trinajstić information content (AvgIpc) is 2.85. The highest BCUT2D eigenvalue weighted by molar-refractivity contribution is 8.00. The van der Waals surface area contributed by atoms with Gasteiger partial charge in [0.25, 0.3) is 0 Å². The smallest absolute Gasteiger partial charge is 0.193 e. The zero-order valence-electron chi connectivity index (χ0n) is 12.8. The van der Waals surface area contributed by atoms with Gasteiger partial charge in [0.05, 0.1) is 6.20 Å². The molecule has 1 fully saturated rings. The van der Waals surface area contributed by atoms with Crippen molar-refractivity contribution in [3.8, 4) is 0 Å². The Labute approximate surface area is 125 Å². The molecular formula is C14H25N5S. The maximum Gasteiger partial charge on any atom is 0.193 e. The summed E-state index contributed by atoms with van der Waals surface area (Å²) in [5.41, 5.74) is 2.31. The molecule has 0 spiro atoms. The van der Waals surface area contributed by atoms with Crippen LogP contribution in [0.25, 0.3) is 0 Å². The first-order valence-electron chi connectivity index (χ1n) is 7.18. The van der Waals surface area contributed by atoms with E-state index in [9.17, 15) is 0 Å². The summed E-state index contributed by atoms with van der Waals surface area (Å²) in [6.45, 7) is 9.55. The highest BCUT2D eigenvalue weighted by atomic mass is 32.2. The Bertz CT molecular complexity index is 454. The molecule has 1 aromatic rings. The lowest BCUT2D eigenvalue weighted by Crippen LogP contribution is -2.48. The van der Waals surface area contributed by atoms with Crippen LogP contribution in [-0.2, 0) is 6.54 Å². The van der Waals surface area contributed by atoms with Gasteiger partial charge in [0.1, 0.15) is 0 Å². The first-order valence-corrected chi connectivity index (χ1v) is 8.22. The van der Waals surface area contributed by atoms with E-state index in [1.54, 1.807) is 0 Å². The van der Waals surface area contributed by atoms with Gasteiger partial charge >= 0.3 is 0 Å². The molecule has 0 aromatic carbocycles. The summed E-state index contributed by atoms with van der Waals surface area (Å²) in [5, 5.41) is 11.2. The molecule has 1 aromatic heterocycles. The molecule has 0 amide bonds. The van der Waals surface area contributed by atoms with Crippen molar-refractivity contribution in [2.45, 2.75) is 32.6 Å². The van der Waals surface area contributed by atoms with Gasteiger partial charge in [-0.2, -0.15) is 16.9 Å². The summed E-state index contributed by atoms with van der Waals surface area (Å²) < 4.78 is 0. The van der Waals surface area contributed by atoms with Gasteiger partial charge in [-0.25, -0.2) is 0 Å². The number of rotatable bonds is 3. The van der Waals surface area contributed by atoms with Gasteiger partial charge in [-0.15, -0.1) is 0 Å². The monoisotopic (exact) mass is 295 g/mol. The molecule has 0 aliphatic carbocycles. The number of aromatic nitrogens is 2. The summed E-state index contributed by atoms with van der Waals surface area (Å²) in [6.07, 6.45) is 1.87. The minimum absolute atomic E-state index is 0.693. The fourth-order valence-corrected chi connectivity index (χ4v) is 3.63. The van der Waals surface area contributed by atoms with Crippen molar-refractivity contribution in [3.63, 3.8) is 0 Å². The number of H-pyrrole nitrogens is 1. The number of hydrogen-bond acceptors (Lipinski definition) is 3. The lowest BCUT2D eigenvalue weighted by atomic mass is 10.1. The third-order valence-electron chi connectivity index (χ3n) is 3.72. The second-order valence-corrected chi connectivity index (χ2v) is 6.87. The summed E-state index contributed by atoms with van der Waals surface area (Å²) in [6, 6.07) is 0. The van der Waals surface area contributed by atoms with E-state index in [2.05, 4.69) is 51.0 Å². The summed E-state index contributed by atoms with van der Waals surface area (Å²) in [4.78, 5) is 6.80. The molecular weight excluding hydrogens is 270 g/mol. The Morgan fingerprint density at radius 1 is 1.65 bits per heavy atom. The van der Waals surface area contributed by atoms with E-state index >= 15 is 0 Å². The Morgan fingerprint density at radius 2 is 2.45 bits per heavy atom. The van der Waals surface area contributed by atoms with Crippen molar-refractivity contribution in [2.75, 3.05) is 25.9 Å². The van der Waals surface area contributed by atoms with Crippen LogP contribution in [0.2, 0.25) is 0 Å². The molecule has 1 aliphatic rings. The first-order chi connectivity index (χ1) is 9.61. The second-order valence-electron chi connectivity index (χ2n) is 5.52. The molecule has 2 rings (SSSR count). The average molecular weight is 295 g/mol. The molecule has 1 aliphatic heterocycles. The molecule has 0 saturated carbocycles. The molecule has 5 nitrogen and oxygen atoms in total. The van der Waals surface area contributed by atoms with E-state index in [1.807, 2.05) is 20.2 Å². The van der Waals surface area contributed by atoms with Crippen molar-refractivity contribution in [1.82, 2.24) is 20.4 Å². The lowest BCUT2D eigenvalue weighted by Gasteiger charge is -2.36. The first kappa shape index (κ1) is 15.2. The van der Waals surface area contributed by atoms with Crippen molar-refractivity contribution < 1.29 is 0 Å². The van der Waals surface area contributed by atoms with E-state index in [-0.39, 0.29) is 0 Å². The molecule has 112 valence electrons. The Morgan fingerprint density at radius 3 is 3.05 bits per heavy atom. The van der Waals surface area contributed by atoms with Crippen LogP contribution in [0.1, 0.15) is 25.1 Å². The highest BCUT2D eigenvalue weighted by Crippen LogP contribution is 2.24. The van der Waals surface area contributed by atoms with E-state index in [0.29, 0.717) is 11.2 Å². The maximum atomic E-state index is 4.43. The van der Waals surface area contributed by atoms with Crippen LogP contribution in [0.3, 0.4) is 0 Å². The largest absolute Gasteiger partial charge is 0.352 e. The summed E-state index contributed by atoms with van der Waals surface area (Å²) in [7, 11) is 1.86. The number of aryl methyl sites for hydroxylation is 1. The van der Waals surface area contributed by atoms with Gasteiger partial charge < -0.3 is 10.2 Å². The number of nitrogens with zero attached hydrogens (tertiary/aromatic N) is 3. The Balaban J connectivity index is 1.93. The minimum Gasteiger partial charge on any atom is -0.352 e. The van der Waals surface area contributed by atoms with Gasteiger partial charge in [0, 0.05) is 48.9 Å². The van der Waals surface area contributed by atoms with E-state index in [0.717, 1.165) is 31.3 Å². The predicted molar refractivity (Wildman–Crippen MR) is 86.2 cm³/mol. The van der Waals surface area contributed by atoms with Crippen LogP contribution in [0.4, 0.5) is 0 Å². The van der Waals surface area contributed by atoms with Crippen LogP contribution in [0.15, 0.2) is 11.2 Å². The SMILES string of the molecule is CN=C(NCc1cn[nH]c1C)N1CCSC(C(C)C)C1. The van der Waals surface area contributed by atoms with E-state index < -0.39 is 0 Å². The molecule has 0 bridgehead atoms. The number of aromatic amines is 1. The van der Waals surface area contributed by atoms with Crippen molar-refractivity contribution in [2.24, 2.45) is 10.9 Å². The molecule has 2 N–H and O–H groups in total. The fourth-order valence-electron chi connectivity index (χ4n) is 2.33. The number of guanidine groups is 1. The van der Waals surface area contributed by atoms with Gasteiger partial charge in [0.2, 0.25) is 0 Å². The maximum absolute atomic E-state index is 4.43.